The molecular formula is C23H19Cl2F4LiN4O3S. The summed E-state index contributed by atoms with van der Waals surface area (Å²) < 4.78 is 53.4. The van der Waals surface area contributed by atoms with Crippen LogP contribution in [0.5, 0.6) is 0 Å². The van der Waals surface area contributed by atoms with E-state index in [9.17, 15) is 32.3 Å². The molecule has 1 amide bonds. The van der Waals surface area contributed by atoms with Gasteiger partial charge in [0, 0.05) is 43.1 Å². The first-order chi connectivity index (χ1) is 17.3. The molecule has 15 heteroatoms. The van der Waals surface area contributed by atoms with Gasteiger partial charge in [0.25, 0.3) is 5.91 Å². The van der Waals surface area contributed by atoms with Crippen LogP contribution in [0, 0.1) is 24.6 Å². The van der Waals surface area contributed by atoms with Crippen LogP contribution in [0.1, 0.15) is 42.7 Å². The number of hydrogen-bond acceptors (Lipinski definition) is 5. The number of benzene rings is 1. The van der Waals surface area contributed by atoms with Crippen LogP contribution in [0.25, 0.3) is 0 Å². The SMILES string of the molecule is Cc1[nH]c(C(=O)N[C@H]2[C@@H]3CN(c4nc(Cc5cc(C(F)(F)F)ccc5F)c(C(=O)O)s4)C[C@@H]32)c(Cl)c1Cl.[LiH]. The minimum atomic E-state index is -4.66. The van der Waals surface area contributed by atoms with Crippen LogP contribution in [0.3, 0.4) is 0 Å². The normalized spacial score (nSPS) is 20.2. The Morgan fingerprint density at radius 3 is 2.45 bits per heavy atom. The first-order valence-electron chi connectivity index (χ1n) is 11.0. The van der Waals surface area contributed by atoms with Crippen LogP contribution in [0.4, 0.5) is 22.7 Å². The molecule has 5 rings (SSSR count). The summed E-state index contributed by atoms with van der Waals surface area (Å²) in [5, 5.41) is 13.4. The van der Waals surface area contributed by atoms with Gasteiger partial charge < -0.3 is 20.3 Å². The van der Waals surface area contributed by atoms with Gasteiger partial charge in [-0.3, -0.25) is 4.79 Å². The van der Waals surface area contributed by atoms with E-state index in [4.69, 9.17) is 23.2 Å². The molecule has 1 aromatic carbocycles. The standard InChI is InChI=1S/C23H18Cl2F4N4O3S.Li.H/c1-8-15(24)16(25)18(30-8)20(34)32-17-11-6-33(7-12(11)17)22-31-14(19(37-22)21(35)36)5-9-4-10(23(27,28)29)2-3-13(9)26;;/h2-4,11-12,17,30H,5-7H2,1H3,(H,32,34)(H,35,36);;/t11-,12+,17+;;. The molecule has 7 nitrogen and oxygen atoms in total. The van der Waals surface area contributed by atoms with Crippen molar-refractivity contribution in [3.8, 4) is 0 Å². The third kappa shape index (κ3) is 5.29. The second-order valence-corrected chi connectivity index (χ2v) is 10.8. The number of alkyl halides is 3. The maximum atomic E-state index is 14.3. The third-order valence-corrected chi connectivity index (χ3v) is 8.75. The Kier molecular flexibility index (Phi) is 7.87. The van der Waals surface area contributed by atoms with Crippen LogP contribution in [-0.4, -0.2) is 64.9 Å². The molecule has 3 heterocycles. The number of thiazole rings is 1. The van der Waals surface area contributed by atoms with Gasteiger partial charge in [0.1, 0.15) is 16.4 Å². The Labute approximate surface area is 239 Å². The Morgan fingerprint density at radius 2 is 1.89 bits per heavy atom. The van der Waals surface area contributed by atoms with E-state index in [1.165, 1.54) is 0 Å². The number of fused-ring (bicyclic) bond motifs is 1. The molecule has 198 valence electrons. The molecule has 0 spiro atoms. The second-order valence-electron chi connectivity index (χ2n) is 9.04. The minimum absolute atomic E-state index is 0. The molecule has 3 N–H and O–H groups in total. The fraction of sp³-hybridized carbons (Fsp3) is 0.348. The number of anilines is 1. The van der Waals surface area contributed by atoms with Crippen LogP contribution in [0.15, 0.2) is 18.2 Å². The molecule has 3 atom stereocenters. The number of aryl methyl sites for hydroxylation is 1. The Bertz CT molecular complexity index is 1420. The van der Waals surface area contributed by atoms with Gasteiger partial charge in [0.15, 0.2) is 5.13 Å². The Morgan fingerprint density at radius 1 is 1.24 bits per heavy atom. The zero-order chi connectivity index (χ0) is 26.8. The number of carbonyl (C=O) groups excluding carboxylic acids is 1. The van der Waals surface area contributed by atoms with E-state index in [-0.39, 0.29) is 74.5 Å². The number of carboxylic acid groups (broad SMARTS) is 1. The van der Waals surface area contributed by atoms with Crippen molar-refractivity contribution in [1.82, 2.24) is 15.3 Å². The summed E-state index contributed by atoms with van der Waals surface area (Å²) in [4.78, 5) is 33.3. The van der Waals surface area contributed by atoms with Crippen LogP contribution in [0.2, 0.25) is 10.0 Å². The molecule has 2 aromatic heterocycles. The molecular weight excluding hydrogens is 566 g/mol. The van der Waals surface area contributed by atoms with Crippen molar-refractivity contribution in [2.24, 2.45) is 11.8 Å². The van der Waals surface area contributed by atoms with E-state index in [1.807, 2.05) is 4.90 Å². The summed E-state index contributed by atoms with van der Waals surface area (Å²) in [6, 6.07) is 1.92. The van der Waals surface area contributed by atoms with Gasteiger partial charge in [-0.05, 0) is 30.7 Å². The predicted molar refractivity (Wildman–Crippen MR) is 136 cm³/mol. The molecule has 1 aliphatic carbocycles. The third-order valence-electron chi connectivity index (χ3n) is 6.65. The average molecular weight is 585 g/mol. The second kappa shape index (κ2) is 10.4. The fourth-order valence-electron chi connectivity index (χ4n) is 4.68. The Hall–Kier alpha value is -2.23. The maximum absolute atomic E-state index is 14.3. The van der Waals surface area contributed by atoms with Gasteiger partial charge >= 0.3 is 31.0 Å². The average Bonchev–Trinajstić information content (AvgIpc) is 3.19. The van der Waals surface area contributed by atoms with E-state index in [1.54, 1.807) is 6.92 Å². The number of piperidine rings is 1. The van der Waals surface area contributed by atoms with Gasteiger partial charge in [-0.2, -0.15) is 13.2 Å². The monoisotopic (exact) mass is 584 g/mol. The number of nitrogens with zero attached hydrogens (tertiary/aromatic N) is 2. The molecule has 1 aliphatic heterocycles. The summed E-state index contributed by atoms with van der Waals surface area (Å²) in [5.41, 5.74) is -0.562. The van der Waals surface area contributed by atoms with Crippen molar-refractivity contribution in [1.29, 1.82) is 0 Å². The quantitative estimate of drug-likeness (QED) is 0.287. The summed E-state index contributed by atoms with van der Waals surface area (Å²) in [6.07, 6.45) is -5.06. The molecule has 1 saturated heterocycles. The number of halogens is 6. The van der Waals surface area contributed by atoms with Gasteiger partial charge in [-0.15, -0.1) is 0 Å². The number of aromatic nitrogens is 2. The van der Waals surface area contributed by atoms with Gasteiger partial charge in [0.05, 0.1) is 21.3 Å². The Balaban J connectivity index is 0.00000336. The van der Waals surface area contributed by atoms with E-state index < -0.39 is 29.9 Å². The van der Waals surface area contributed by atoms with Crippen molar-refractivity contribution in [2.45, 2.75) is 25.6 Å². The summed E-state index contributed by atoms with van der Waals surface area (Å²) in [6.45, 7) is 2.69. The van der Waals surface area contributed by atoms with E-state index in [0.29, 0.717) is 42.1 Å². The van der Waals surface area contributed by atoms with E-state index in [0.717, 1.165) is 11.3 Å². The first kappa shape index (κ1) is 28.8. The van der Waals surface area contributed by atoms with E-state index in [2.05, 4.69) is 15.3 Å². The number of hydrogen-bond donors (Lipinski definition) is 3. The topological polar surface area (TPSA) is 98.3 Å². The molecule has 0 radical (unpaired) electrons. The molecule has 2 fully saturated rings. The number of aromatic amines is 1. The number of rotatable bonds is 6. The molecule has 0 bridgehead atoms. The number of H-pyrrole nitrogens is 1. The fourth-order valence-corrected chi connectivity index (χ4v) is 6.03. The zero-order valence-electron chi connectivity index (χ0n) is 18.9. The van der Waals surface area contributed by atoms with Crippen molar-refractivity contribution in [3.63, 3.8) is 0 Å². The number of carbonyl (C=O) groups is 2. The van der Waals surface area contributed by atoms with Crippen LogP contribution in [-0.2, 0) is 12.6 Å². The van der Waals surface area contributed by atoms with Crippen molar-refractivity contribution < 1.29 is 32.3 Å². The predicted octanol–water partition coefficient (Wildman–Crippen LogP) is 4.75. The van der Waals surface area contributed by atoms with Gasteiger partial charge in [-0.1, -0.05) is 34.5 Å². The molecule has 1 saturated carbocycles. The van der Waals surface area contributed by atoms with Gasteiger partial charge in [0.2, 0.25) is 0 Å². The van der Waals surface area contributed by atoms with Gasteiger partial charge in [-0.25, -0.2) is 14.2 Å². The number of aromatic carboxylic acids is 1. The summed E-state index contributed by atoms with van der Waals surface area (Å²) >= 11 is 13.0. The van der Waals surface area contributed by atoms with Crippen molar-refractivity contribution in [2.75, 3.05) is 18.0 Å². The molecule has 2 aliphatic rings. The molecule has 3 aromatic rings. The van der Waals surface area contributed by atoms with Crippen LogP contribution >= 0.6 is 34.5 Å². The number of nitrogens with one attached hydrogen (secondary N) is 2. The number of amides is 1. The summed E-state index contributed by atoms with van der Waals surface area (Å²) in [5.74, 6) is -2.33. The van der Waals surface area contributed by atoms with E-state index >= 15 is 0 Å². The first-order valence-corrected chi connectivity index (χ1v) is 12.6. The molecule has 0 unspecified atom stereocenters. The van der Waals surface area contributed by atoms with Crippen LogP contribution < -0.4 is 10.2 Å². The molecule has 38 heavy (non-hydrogen) atoms. The van der Waals surface area contributed by atoms with Crippen molar-refractivity contribution >= 4 is 70.4 Å². The summed E-state index contributed by atoms with van der Waals surface area (Å²) in [7, 11) is 0. The number of carboxylic acids is 1. The zero-order valence-corrected chi connectivity index (χ0v) is 21.2. The van der Waals surface area contributed by atoms with Crippen molar-refractivity contribution in [3.05, 3.63) is 67.1 Å².